The number of fused-ring (bicyclic) bond motifs is 1. The van der Waals surface area contributed by atoms with Crippen molar-refractivity contribution in [1.82, 2.24) is 0 Å². The second kappa shape index (κ2) is 9.28. The molecule has 0 spiro atoms. The lowest BCUT2D eigenvalue weighted by atomic mass is 10.1. The SMILES string of the molecule is CCOCCOc1ccc2ccc(OCCOCC)cc2c1. The van der Waals surface area contributed by atoms with E-state index in [9.17, 15) is 0 Å². The summed E-state index contributed by atoms with van der Waals surface area (Å²) in [6.07, 6.45) is 0. The minimum Gasteiger partial charge on any atom is -0.491 e. The Kier molecular flexibility index (Phi) is 7.00. The van der Waals surface area contributed by atoms with Crippen LogP contribution in [-0.4, -0.2) is 39.6 Å². The summed E-state index contributed by atoms with van der Waals surface area (Å²) in [5, 5.41) is 2.26. The fourth-order valence-electron chi connectivity index (χ4n) is 2.11. The van der Waals surface area contributed by atoms with Gasteiger partial charge in [0.25, 0.3) is 0 Å². The van der Waals surface area contributed by atoms with Gasteiger partial charge >= 0.3 is 0 Å². The molecule has 0 bridgehead atoms. The van der Waals surface area contributed by atoms with Crippen molar-refractivity contribution in [3.63, 3.8) is 0 Å². The van der Waals surface area contributed by atoms with Crippen LogP contribution >= 0.6 is 0 Å². The normalized spacial score (nSPS) is 10.8. The molecule has 0 heterocycles. The van der Waals surface area contributed by atoms with Crippen LogP contribution in [0.25, 0.3) is 10.8 Å². The summed E-state index contributed by atoms with van der Waals surface area (Å²) in [6, 6.07) is 12.1. The Labute approximate surface area is 131 Å². The van der Waals surface area contributed by atoms with Gasteiger partial charge in [0.1, 0.15) is 24.7 Å². The van der Waals surface area contributed by atoms with Gasteiger partial charge in [-0.15, -0.1) is 0 Å². The van der Waals surface area contributed by atoms with Crippen LogP contribution < -0.4 is 9.47 Å². The molecule has 2 aromatic carbocycles. The third kappa shape index (κ3) is 5.20. The summed E-state index contributed by atoms with van der Waals surface area (Å²) in [5.74, 6) is 1.69. The van der Waals surface area contributed by atoms with E-state index in [0.717, 1.165) is 22.3 Å². The summed E-state index contributed by atoms with van der Waals surface area (Å²) in [5.41, 5.74) is 0. The molecule has 0 unspecified atom stereocenters. The van der Waals surface area contributed by atoms with E-state index in [1.807, 2.05) is 38.1 Å². The zero-order valence-corrected chi connectivity index (χ0v) is 13.3. The first-order valence-electron chi connectivity index (χ1n) is 7.78. The van der Waals surface area contributed by atoms with Crippen LogP contribution in [0.3, 0.4) is 0 Å². The minimum absolute atomic E-state index is 0.559. The largest absolute Gasteiger partial charge is 0.491 e. The minimum atomic E-state index is 0.559. The predicted octanol–water partition coefficient (Wildman–Crippen LogP) is 3.67. The van der Waals surface area contributed by atoms with Crippen LogP contribution in [0.1, 0.15) is 13.8 Å². The second-order valence-corrected chi connectivity index (χ2v) is 4.76. The van der Waals surface area contributed by atoms with Gasteiger partial charge in [0.15, 0.2) is 0 Å². The molecule has 4 nitrogen and oxygen atoms in total. The first-order valence-corrected chi connectivity index (χ1v) is 7.78. The molecular weight excluding hydrogens is 280 g/mol. The molecule has 0 aliphatic carbocycles. The van der Waals surface area contributed by atoms with Gasteiger partial charge in [-0.1, -0.05) is 12.1 Å². The Bertz CT molecular complexity index is 521. The van der Waals surface area contributed by atoms with Gasteiger partial charge in [-0.2, -0.15) is 0 Å². The molecule has 0 radical (unpaired) electrons. The van der Waals surface area contributed by atoms with Gasteiger partial charge in [-0.25, -0.2) is 0 Å². The number of rotatable bonds is 10. The highest BCUT2D eigenvalue weighted by molar-refractivity contribution is 5.85. The third-order valence-corrected chi connectivity index (χ3v) is 3.18. The lowest BCUT2D eigenvalue weighted by Crippen LogP contribution is -2.06. The molecule has 120 valence electrons. The summed E-state index contributed by atoms with van der Waals surface area (Å²) >= 11 is 0. The van der Waals surface area contributed by atoms with Crippen LogP contribution in [0.5, 0.6) is 11.5 Å². The molecule has 0 amide bonds. The van der Waals surface area contributed by atoms with E-state index in [2.05, 4.69) is 12.1 Å². The van der Waals surface area contributed by atoms with Crippen LogP contribution in [0, 0.1) is 0 Å². The van der Waals surface area contributed by atoms with E-state index in [4.69, 9.17) is 18.9 Å². The molecule has 2 rings (SSSR count). The monoisotopic (exact) mass is 304 g/mol. The number of hydrogen-bond acceptors (Lipinski definition) is 4. The molecule has 0 N–H and O–H groups in total. The van der Waals surface area contributed by atoms with E-state index in [1.54, 1.807) is 0 Å². The summed E-state index contributed by atoms with van der Waals surface area (Å²) in [4.78, 5) is 0. The average molecular weight is 304 g/mol. The first kappa shape index (κ1) is 16.6. The Morgan fingerprint density at radius 3 is 1.59 bits per heavy atom. The maximum Gasteiger partial charge on any atom is 0.120 e. The van der Waals surface area contributed by atoms with Crippen molar-refractivity contribution in [3.05, 3.63) is 36.4 Å². The second-order valence-electron chi connectivity index (χ2n) is 4.76. The fraction of sp³-hybridized carbons (Fsp3) is 0.444. The molecule has 22 heavy (non-hydrogen) atoms. The van der Waals surface area contributed by atoms with Crippen molar-refractivity contribution in [3.8, 4) is 11.5 Å². The Morgan fingerprint density at radius 2 is 1.14 bits per heavy atom. The lowest BCUT2D eigenvalue weighted by Gasteiger charge is -2.09. The number of ether oxygens (including phenoxy) is 4. The van der Waals surface area contributed by atoms with Crippen LogP contribution in [0.2, 0.25) is 0 Å². The quantitative estimate of drug-likeness (QED) is 0.628. The van der Waals surface area contributed by atoms with Crippen molar-refractivity contribution in [2.24, 2.45) is 0 Å². The van der Waals surface area contributed by atoms with Gasteiger partial charge in [0, 0.05) is 13.2 Å². The fourth-order valence-corrected chi connectivity index (χ4v) is 2.11. The molecule has 0 aliphatic heterocycles. The maximum absolute atomic E-state index is 5.68. The molecule has 0 aromatic heterocycles. The van der Waals surface area contributed by atoms with Gasteiger partial charge in [0.2, 0.25) is 0 Å². The van der Waals surface area contributed by atoms with Gasteiger partial charge in [-0.3, -0.25) is 0 Å². The summed E-state index contributed by atoms with van der Waals surface area (Å²) < 4.78 is 21.9. The van der Waals surface area contributed by atoms with Crippen molar-refractivity contribution in [2.75, 3.05) is 39.6 Å². The molecule has 0 fully saturated rings. The first-order chi connectivity index (χ1) is 10.8. The van der Waals surface area contributed by atoms with Gasteiger partial charge in [0.05, 0.1) is 13.2 Å². The van der Waals surface area contributed by atoms with Crippen LogP contribution in [0.4, 0.5) is 0 Å². The molecule has 0 aliphatic rings. The molecule has 2 aromatic rings. The smallest absolute Gasteiger partial charge is 0.120 e. The van der Waals surface area contributed by atoms with Crippen molar-refractivity contribution >= 4 is 10.8 Å². The predicted molar refractivity (Wildman–Crippen MR) is 87.9 cm³/mol. The Morgan fingerprint density at radius 1 is 0.636 bits per heavy atom. The summed E-state index contributed by atoms with van der Waals surface area (Å²) in [6.45, 7) is 7.71. The molecule has 4 heteroatoms. The highest BCUT2D eigenvalue weighted by Gasteiger charge is 2.01. The molecule has 0 saturated heterocycles. The topological polar surface area (TPSA) is 36.9 Å². The Balaban J connectivity index is 1.96. The zero-order valence-electron chi connectivity index (χ0n) is 13.3. The van der Waals surface area contributed by atoms with Gasteiger partial charge in [-0.05, 0) is 48.9 Å². The Hall–Kier alpha value is -1.78. The van der Waals surface area contributed by atoms with Crippen molar-refractivity contribution < 1.29 is 18.9 Å². The van der Waals surface area contributed by atoms with E-state index in [0.29, 0.717) is 39.6 Å². The van der Waals surface area contributed by atoms with E-state index in [1.165, 1.54) is 0 Å². The van der Waals surface area contributed by atoms with E-state index in [-0.39, 0.29) is 0 Å². The van der Waals surface area contributed by atoms with Crippen LogP contribution in [-0.2, 0) is 9.47 Å². The van der Waals surface area contributed by atoms with Crippen molar-refractivity contribution in [2.45, 2.75) is 13.8 Å². The zero-order chi connectivity index (χ0) is 15.6. The third-order valence-electron chi connectivity index (χ3n) is 3.18. The van der Waals surface area contributed by atoms with E-state index < -0.39 is 0 Å². The lowest BCUT2D eigenvalue weighted by molar-refractivity contribution is 0.110. The molecular formula is C18H24O4. The number of benzene rings is 2. The molecule has 0 saturated carbocycles. The highest BCUT2D eigenvalue weighted by atomic mass is 16.5. The number of hydrogen-bond donors (Lipinski definition) is 0. The van der Waals surface area contributed by atoms with Gasteiger partial charge < -0.3 is 18.9 Å². The van der Waals surface area contributed by atoms with E-state index >= 15 is 0 Å². The maximum atomic E-state index is 5.68. The van der Waals surface area contributed by atoms with Crippen LogP contribution in [0.15, 0.2) is 36.4 Å². The summed E-state index contributed by atoms with van der Waals surface area (Å²) in [7, 11) is 0. The standard InChI is InChI=1S/C18H24O4/c1-3-19-9-11-21-17-7-5-15-6-8-18(14-16(15)13-17)22-12-10-20-4-2/h5-8,13-14H,3-4,9-12H2,1-2H3. The van der Waals surface area contributed by atoms with Crippen molar-refractivity contribution in [1.29, 1.82) is 0 Å². The average Bonchev–Trinajstić information content (AvgIpc) is 2.55. The molecule has 0 atom stereocenters. The highest BCUT2D eigenvalue weighted by Crippen LogP contribution is 2.25.